The Kier molecular flexibility index (Phi) is 9.49. The van der Waals surface area contributed by atoms with Crippen LogP contribution in [0.15, 0.2) is 53.4 Å². The van der Waals surface area contributed by atoms with Crippen molar-refractivity contribution in [3.8, 4) is 11.5 Å². The van der Waals surface area contributed by atoms with Crippen molar-refractivity contribution in [3.05, 3.63) is 54.1 Å². The van der Waals surface area contributed by atoms with E-state index in [4.69, 9.17) is 9.47 Å². The molecular formula is C25H36N2O6S. The lowest BCUT2D eigenvalue weighted by Gasteiger charge is -2.30. The van der Waals surface area contributed by atoms with Gasteiger partial charge >= 0.3 is 0 Å². The van der Waals surface area contributed by atoms with Crippen LogP contribution in [0.4, 0.5) is 0 Å². The molecule has 0 saturated heterocycles. The number of carbonyl (C=O) groups excluding carboxylic acids is 1. The Balaban J connectivity index is 2.19. The highest BCUT2D eigenvalue weighted by molar-refractivity contribution is 7.93. The van der Waals surface area contributed by atoms with E-state index in [0.29, 0.717) is 35.8 Å². The lowest BCUT2D eigenvalue weighted by Crippen LogP contribution is -2.51. The summed E-state index contributed by atoms with van der Waals surface area (Å²) in [6.45, 7) is 11.2. The third kappa shape index (κ3) is 6.28. The summed E-state index contributed by atoms with van der Waals surface area (Å²) in [6.07, 6.45) is -0.136. The molecule has 2 N–H and O–H groups in total. The molecule has 0 saturated carbocycles. The van der Waals surface area contributed by atoms with Crippen molar-refractivity contribution in [2.24, 2.45) is 0 Å². The van der Waals surface area contributed by atoms with Crippen molar-refractivity contribution in [1.29, 1.82) is 0 Å². The maximum atomic E-state index is 13.4. The van der Waals surface area contributed by atoms with E-state index < -0.39 is 20.5 Å². The Bertz CT molecular complexity index is 1030. The van der Waals surface area contributed by atoms with Crippen LogP contribution in [0, 0.1) is 0 Å². The highest BCUT2D eigenvalue weighted by atomic mass is 32.2. The molecule has 0 aliphatic carbocycles. The van der Waals surface area contributed by atoms with Crippen LogP contribution in [0.25, 0.3) is 0 Å². The van der Waals surface area contributed by atoms with Crippen molar-refractivity contribution in [2.75, 3.05) is 20.3 Å². The second kappa shape index (κ2) is 11.7. The summed E-state index contributed by atoms with van der Waals surface area (Å²) in [5, 5.41) is 9.30. The number of carbonyl (C=O) groups is 1. The maximum absolute atomic E-state index is 13.4. The van der Waals surface area contributed by atoms with Crippen molar-refractivity contribution < 1.29 is 27.9 Å². The summed E-state index contributed by atoms with van der Waals surface area (Å²) in [4.78, 5) is 14.9. The summed E-state index contributed by atoms with van der Waals surface area (Å²) in [5.41, 5.74) is 2.13. The van der Waals surface area contributed by atoms with E-state index in [9.17, 15) is 18.4 Å². The third-order valence-electron chi connectivity index (χ3n) is 5.95. The average Bonchev–Trinajstić information content (AvgIpc) is 2.81. The van der Waals surface area contributed by atoms with Crippen LogP contribution in [0.1, 0.15) is 40.2 Å². The van der Waals surface area contributed by atoms with Gasteiger partial charge in [0.25, 0.3) is 5.91 Å². The SMILES string of the molecule is COc1ccc(S(=O)(=O)[C@](C)(Cc2ccc(OCCN(C(C)C)C(C)C)cc2)C(=O)NO)cc1. The normalized spacial score (nSPS) is 13.7. The van der Waals surface area contributed by atoms with Gasteiger partial charge < -0.3 is 9.47 Å². The lowest BCUT2D eigenvalue weighted by atomic mass is 9.99. The minimum absolute atomic E-state index is 0.0424. The number of rotatable bonds is 12. The fourth-order valence-corrected chi connectivity index (χ4v) is 5.57. The summed E-state index contributed by atoms with van der Waals surface area (Å²) < 4.78 is 35.8. The first-order valence-electron chi connectivity index (χ1n) is 11.3. The lowest BCUT2D eigenvalue weighted by molar-refractivity contribution is -0.131. The molecule has 2 aromatic carbocycles. The highest BCUT2D eigenvalue weighted by Gasteiger charge is 2.47. The van der Waals surface area contributed by atoms with Crippen LogP contribution in [-0.4, -0.2) is 61.5 Å². The minimum Gasteiger partial charge on any atom is -0.497 e. The molecule has 0 heterocycles. The van der Waals surface area contributed by atoms with Gasteiger partial charge in [-0.2, -0.15) is 0 Å². The molecule has 0 aliphatic heterocycles. The zero-order valence-corrected chi connectivity index (χ0v) is 21.6. The molecule has 0 fully saturated rings. The van der Waals surface area contributed by atoms with E-state index in [1.807, 2.05) is 0 Å². The van der Waals surface area contributed by atoms with Gasteiger partial charge in [-0.1, -0.05) is 12.1 Å². The van der Waals surface area contributed by atoms with Crippen LogP contribution in [0.2, 0.25) is 0 Å². The van der Waals surface area contributed by atoms with Crippen molar-refractivity contribution in [2.45, 2.75) is 62.8 Å². The number of benzene rings is 2. The molecule has 9 heteroatoms. The topological polar surface area (TPSA) is 105 Å². The molecule has 0 unspecified atom stereocenters. The number of hydroxylamine groups is 1. The van der Waals surface area contributed by atoms with Gasteiger partial charge in [-0.15, -0.1) is 0 Å². The molecule has 0 aromatic heterocycles. The van der Waals surface area contributed by atoms with Gasteiger partial charge in [-0.05, 0) is 76.6 Å². The number of ether oxygens (including phenoxy) is 2. The summed E-state index contributed by atoms with van der Waals surface area (Å²) in [6, 6.07) is 13.6. The standard InChI is InChI=1S/C25H36N2O6S/c1-18(2)27(19(3)4)15-16-33-22-9-7-20(8-10-22)17-25(5,24(28)26-29)34(30,31)23-13-11-21(32-6)12-14-23/h7-14,18-19,29H,15-17H2,1-6H3,(H,26,28)/t25-/m1/s1. The first-order chi connectivity index (χ1) is 16.0. The van der Waals surface area contributed by atoms with Gasteiger partial charge in [-0.3, -0.25) is 14.9 Å². The number of nitrogens with zero attached hydrogens (tertiary/aromatic N) is 1. The predicted molar refractivity (Wildman–Crippen MR) is 131 cm³/mol. The first kappa shape index (κ1) is 27.6. The van der Waals surface area contributed by atoms with Gasteiger partial charge in [0.15, 0.2) is 14.6 Å². The van der Waals surface area contributed by atoms with E-state index >= 15 is 0 Å². The number of sulfone groups is 1. The van der Waals surface area contributed by atoms with E-state index in [1.165, 1.54) is 43.8 Å². The predicted octanol–water partition coefficient (Wildman–Crippen LogP) is 3.47. The quantitative estimate of drug-likeness (QED) is 0.345. The zero-order valence-electron chi connectivity index (χ0n) is 20.7. The van der Waals surface area contributed by atoms with Gasteiger partial charge in [0, 0.05) is 25.0 Å². The first-order valence-corrected chi connectivity index (χ1v) is 12.7. The van der Waals surface area contributed by atoms with E-state index in [0.717, 1.165) is 6.54 Å². The number of hydrogen-bond acceptors (Lipinski definition) is 7. The van der Waals surface area contributed by atoms with Crippen molar-refractivity contribution >= 4 is 15.7 Å². The van der Waals surface area contributed by atoms with Crippen LogP contribution in [0.3, 0.4) is 0 Å². The fourth-order valence-electron chi connectivity index (χ4n) is 3.91. The molecule has 0 bridgehead atoms. The number of methoxy groups -OCH3 is 1. The van der Waals surface area contributed by atoms with E-state index in [1.54, 1.807) is 24.3 Å². The Morgan fingerprint density at radius 3 is 2.00 bits per heavy atom. The zero-order chi connectivity index (χ0) is 25.5. The molecule has 2 aromatic rings. The monoisotopic (exact) mass is 492 g/mol. The molecule has 8 nitrogen and oxygen atoms in total. The second-order valence-corrected chi connectivity index (χ2v) is 11.3. The largest absolute Gasteiger partial charge is 0.497 e. The average molecular weight is 493 g/mol. The molecule has 34 heavy (non-hydrogen) atoms. The van der Waals surface area contributed by atoms with Crippen LogP contribution < -0.4 is 15.0 Å². The van der Waals surface area contributed by atoms with E-state index in [2.05, 4.69) is 32.6 Å². The highest BCUT2D eigenvalue weighted by Crippen LogP contribution is 2.31. The third-order valence-corrected chi connectivity index (χ3v) is 8.36. The molecular weight excluding hydrogens is 456 g/mol. The molecule has 2 rings (SSSR count). The van der Waals surface area contributed by atoms with Gasteiger partial charge in [0.1, 0.15) is 18.1 Å². The van der Waals surface area contributed by atoms with Crippen LogP contribution in [-0.2, 0) is 21.1 Å². The Hall–Kier alpha value is -2.62. The Morgan fingerprint density at radius 1 is 1.00 bits per heavy atom. The summed E-state index contributed by atoms with van der Waals surface area (Å²) in [7, 11) is -2.67. The van der Waals surface area contributed by atoms with Crippen LogP contribution in [0.5, 0.6) is 11.5 Å². The fraction of sp³-hybridized carbons (Fsp3) is 0.480. The minimum atomic E-state index is -4.15. The second-order valence-electron chi connectivity index (χ2n) is 8.95. The van der Waals surface area contributed by atoms with Gasteiger partial charge in [0.05, 0.1) is 12.0 Å². The maximum Gasteiger partial charge on any atom is 0.265 e. The van der Waals surface area contributed by atoms with Crippen molar-refractivity contribution in [1.82, 2.24) is 10.4 Å². The summed E-state index contributed by atoms with van der Waals surface area (Å²) in [5.74, 6) is 0.140. The van der Waals surface area contributed by atoms with Gasteiger partial charge in [-0.25, -0.2) is 13.9 Å². The number of nitrogens with one attached hydrogen (secondary N) is 1. The molecule has 0 spiro atoms. The molecule has 1 amide bonds. The Morgan fingerprint density at radius 2 is 1.53 bits per heavy atom. The van der Waals surface area contributed by atoms with Crippen molar-refractivity contribution in [3.63, 3.8) is 0 Å². The number of amides is 1. The molecule has 188 valence electrons. The van der Waals surface area contributed by atoms with E-state index in [-0.39, 0.29) is 11.3 Å². The number of hydrogen-bond donors (Lipinski definition) is 2. The molecule has 0 aliphatic rings. The smallest absolute Gasteiger partial charge is 0.265 e. The summed E-state index contributed by atoms with van der Waals surface area (Å²) >= 11 is 0. The molecule has 1 atom stereocenters. The van der Waals surface area contributed by atoms with Crippen LogP contribution >= 0.6 is 0 Å². The molecule has 0 radical (unpaired) electrons. The Labute approximate surface area is 202 Å². The van der Waals surface area contributed by atoms with Gasteiger partial charge in [0.2, 0.25) is 0 Å².